The van der Waals surface area contributed by atoms with E-state index < -0.39 is 0 Å². The van der Waals surface area contributed by atoms with Crippen molar-refractivity contribution >= 4 is 17.7 Å². The highest BCUT2D eigenvalue weighted by Crippen LogP contribution is 2.55. The Morgan fingerprint density at radius 2 is 1.76 bits per heavy atom. The van der Waals surface area contributed by atoms with Gasteiger partial charge in [-0.1, -0.05) is 6.07 Å². The smallest absolute Gasteiger partial charge is 0.338 e. The van der Waals surface area contributed by atoms with Crippen LogP contribution in [-0.2, 0) is 4.74 Å². The number of hydrogen-bond donors (Lipinski definition) is 2. The predicted octanol–water partition coefficient (Wildman–Crippen LogP) is 3.95. The average Bonchev–Trinajstić information content (AvgIpc) is 2.53. The Hall–Kier alpha value is -2.04. The quantitative estimate of drug-likeness (QED) is 0.814. The number of amides is 2. The summed E-state index contributed by atoms with van der Waals surface area (Å²) in [5.74, 6) is 2.00. The number of urea groups is 1. The van der Waals surface area contributed by atoms with Crippen molar-refractivity contribution in [1.29, 1.82) is 0 Å². The van der Waals surface area contributed by atoms with E-state index in [1.165, 1.54) is 19.3 Å². The Kier molecular flexibility index (Phi) is 4.18. The SMILES string of the molecule is CCOC(=O)c1cccc(NC(=O)NC23CC4CC(CC(C4)C2)C3)c1. The van der Waals surface area contributed by atoms with Gasteiger partial charge in [-0.15, -0.1) is 0 Å². The van der Waals surface area contributed by atoms with Gasteiger partial charge in [0.2, 0.25) is 0 Å². The van der Waals surface area contributed by atoms with Crippen molar-refractivity contribution < 1.29 is 14.3 Å². The van der Waals surface area contributed by atoms with Crippen LogP contribution in [0.4, 0.5) is 10.5 Å². The molecular weight excluding hydrogens is 316 g/mol. The van der Waals surface area contributed by atoms with E-state index in [0.29, 0.717) is 17.9 Å². The van der Waals surface area contributed by atoms with Crippen molar-refractivity contribution in [3.63, 3.8) is 0 Å². The fourth-order valence-corrected chi connectivity index (χ4v) is 5.61. The van der Waals surface area contributed by atoms with Gasteiger partial charge in [0.25, 0.3) is 0 Å². The van der Waals surface area contributed by atoms with E-state index in [0.717, 1.165) is 37.0 Å². The molecule has 0 saturated heterocycles. The van der Waals surface area contributed by atoms with Gasteiger partial charge in [-0.25, -0.2) is 9.59 Å². The molecule has 0 aliphatic heterocycles. The van der Waals surface area contributed by atoms with Gasteiger partial charge in [0.1, 0.15) is 0 Å². The highest BCUT2D eigenvalue weighted by atomic mass is 16.5. The van der Waals surface area contributed by atoms with Gasteiger partial charge in [-0.05, 0) is 81.4 Å². The van der Waals surface area contributed by atoms with Crippen LogP contribution >= 0.6 is 0 Å². The van der Waals surface area contributed by atoms with Crippen LogP contribution in [0.5, 0.6) is 0 Å². The van der Waals surface area contributed by atoms with Crippen molar-refractivity contribution in [2.75, 3.05) is 11.9 Å². The third kappa shape index (κ3) is 3.37. The van der Waals surface area contributed by atoms with Gasteiger partial charge in [-0.3, -0.25) is 0 Å². The number of esters is 1. The minimum Gasteiger partial charge on any atom is -0.462 e. The maximum absolute atomic E-state index is 12.6. The second kappa shape index (κ2) is 6.36. The third-order valence-corrected chi connectivity index (χ3v) is 6.05. The fraction of sp³-hybridized carbons (Fsp3) is 0.600. The molecule has 0 heterocycles. The van der Waals surface area contributed by atoms with Crippen LogP contribution in [0.2, 0.25) is 0 Å². The average molecular weight is 342 g/mol. The van der Waals surface area contributed by atoms with Gasteiger partial charge in [0.15, 0.2) is 0 Å². The second-order valence-corrected chi connectivity index (χ2v) is 8.08. The molecule has 0 unspecified atom stereocenters. The molecule has 2 N–H and O–H groups in total. The first-order valence-corrected chi connectivity index (χ1v) is 9.41. The highest BCUT2D eigenvalue weighted by Gasteiger charge is 2.51. The number of carbonyl (C=O) groups excluding carboxylic acids is 2. The molecular formula is C20H26N2O3. The second-order valence-electron chi connectivity index (χ2n) is 8.08. The normalized spacial score (nSPS) is 32.3. The number of benzene rings is 1. The molecule has 0 spiro atoms. The Morgan fingerprint density at radius 3 is 2.36 bits per heavy atom. The van der Waals surface area contributed by atoms with Gasteiger partial charge in [-0.2, -0.15) is 0 Å². The molecule has 5 rings (SSSR count). The minimum atomic E-state index is -0.368. The minimum absolute atomic E-state index is 0.0163. The van der Waals surface area contributed by atoms with E-state index in [2.05, 4.69) is 10.6 Å². The molecule has 4 bridgehead atoms. The summed E-state index contributed by atoms with van der Waals surface area (Å²) in [5, 5.41) is 6.18. The molecule has 4 saturated carbocycles. The van der Waals surface area contributed by atoms with Crippen LogP contribution in [0.1, 0.15) is 55.8 Å². The van der Waals surface area contributed by atoms with Crippen molar-refractivity contribution in [3.8, 4) is 0 Å². The van der Waals surface area contributed by atoms with E-state index in [-0.39, 0.29) is 17.5 Å². The molecule has 0 radical (unpaired) electrons. The zero-order valence-electron chi connectivity index (χ0n) is 14.7. The molecule has 0 atom stereocenters. The van der Waals surface area contributed by atoms with Crippen LogP contribution in [0.15, 0.2) is 24.3 Å². The van der Waals surface area contributed by atoms with Crippen molar-refractivity contribution in [2.24, 2.45) is 17.8 Å². The molecule has 134 valence electrons. The number of anilines is 1. The summed E-state index contributed by atoms with van der Waals surface area (Å²) in [7, 11) is 0. The van der Waals surface area contributed by atoms with Crippen LogP contribution in [0.3, 0.4) is 0 Å². The molecule has 1 aromatic carbocycles. The summed E-state index contributed by atoms with van der Waals surface area (Å²) < 4.78 is 5.01. The largest absolute Gasteiger partial charge is 0.462 e. The summed E-state index contributed by atoms with van der Waals surface area (Å²) >= 11 is 0. The lowest BCUT2D eigenvalue weighted by Gasteiger charge is -2.56. The maximum Gasteiger partial charge on any atom is 0.338 e. The lowest BCUT2D eigenvalue weighted by Crippen LogP contribution is -2.60. The zero-order valence-corrected chi connectivity index (χ0v) is 14.7. The summed E-state index contributed by atoms with van der Waals surface area (Å²) in [4.78, 5) is 24.4. The summed E-state index contributed by atoms with van der Waals surface area (Å²) in [5.41, 5.74) is 1.06. The van der Waals surface area contributed by atoms with Crippen molar-refractivity contribution in [1.82, 2.24) is 5.32 Å². The lowest BCUT2D eigenvalue weighted by molar-refractivity contribution is -0.0127. The molecule has 4 aliphatic rings. The summed E-state index contributed by atoms with van der Waals surface area (Å²) in [6.45, 7) is 2.11. The maximum atomic E-state index is 12.6. The molecule has 4 fully saturated rings. The Balaban J connectivity index is 1.41. The van der Waals surface area contributed by atoms with E-state index in [9.17, 15) is 9.59 Å². The fourth-order valence-electron chi connectivity index (χ4n) is 5.61. The van der Waals surface area contributed by atoms with E-state index in [1.54, 1.807) is 31.2 Å². The molecule has 5 nitrogen and oxygen atoms in total. The van der Waals surface area contributed by atoms with E-state index in [1.807, 2.05) is 0 Å². The Morgan fingerprint density at radius 1 is 1.12 bits per heavy atom. The van der Waals surface area contributed by atoms with Gasteiger partial charge in [0.05, 0.1) is 12.2 Å². The van der Waals surface area contributed by atoms with Gasteiger partial charge < -0.3 is 15.4 Å². The summed E-state index contributed by atoms with van der Waals surface area (Å²) in [6, 6.07) is 6.74. The third-order valence-electron chi connectivity index (χ3n) is 6.05. The predicted molar refractivity (Wildman–Crippen MR) is 95.5 cm³/mol. The molecule has 5 heteroatoms. The van der Waals surface area contributed by atoms with Crippen LogP contribution in [0, 0.1) is 17.8 Å². The molecule has 0 aromatic heterocycles. The Bertz CT molecular complexity index is 650. The van der Waals surface area contributed by atoms with Gasteiger partial charge in [0, 0.05) is 11.2 Å². The first-order valence-electron chi connectivity index (χ1n) is 9.41. The monoisotopic (exact) mass is 342 g/mol. The standard InChI is InChI=1S/C20H26N2O3/c1-2-25-18(23)16-4-3-5-17(9-16)21-19(24)22-20-10-13-6-14(11-20)8-15(7-13)12-20/h3-5,9,13-15H,2,6-8,10-12H2,1H3,(H2,21,22,24). The van der Waals surface area contributed by atoms with E-state index in [4.69, 9.17) is 4.74 Å². The molecule has 2 amide bonds. The van der Waals surface area contributed by atoms with Crippen LogP contribution in [-0.4, -0.2) is 24.1 Å². The van der Waals surface area contributed by atoms with Crippen molar-refractivity contribution in [2.45, 2.75) is 51.0 Å². The first-order chi connectivity index (χ1) is 12.0. The van der Waals surface area contributed by atoms with Crippen LogP contribution in [0.25, 0.3) is 0 Å². The van der Waals surface area contributed by atoms with Crippen LogP contribution < -0.4 is 10.6 Å². The lowest BCUT2D eigenvalue weighted by atomic mass is 9.53. The topological polar surface area (TPSA) is 67.4 Å². The molecule has 25 heavy (non-hydrogen) atoms. The van der Waals surface area contributed by atoms with Crippen molar-refractivity contribution in [3.05, 3.63) is 29.8 Å². The Labute approximate surface area is 148 Å². The molecule has 4 aliphatic carbocycles. The highest BCUT2D eigenvalue weighted by molar-refractivity contribution is 5.94. The number of carbonyl (C=O) groups is 2. The first kappa shape index (κ1) is 16.4. The molecule has 1 aromatic rings. The van der Waals surface area contributed by atoms with E-state index >= 15 is 0 Å². The summed E-state index contributed by atoms with van der Waals surface area (Å²) in [6.07, 6.45) is 7.41. The number of rotatable bonds is 4. The zero-order chi connectivity index (χ0) is 17.4. The number of nitrogens with one attached hydrogen (secondary N) is 2. The number of hydrogen-bond acceptors (Lipinski definition) is 3. The van der Waals surface area contributed by atoms with Gasteiger partial charge >= 0.3 is 12.0 Å². The number of ether oxygens (including phenoxy) is 1.